The zero-order chi connectivity index (χ0) is 18.5. The third-order valence-electron chi connectivity index (χ3n) is 4.79. The molecule has 5 heterocycles. The normalized spacial score (nSPS) is 16.7. The second-order valence-electron chi connectivity index (χ2n) is 6.47. The molecule has 0 radical (unpaired) electrons. The number of nitrogens with zero attached hydrogens (tertiary/aromatic N) is 7. The Kier molecular flexibility index (Phi) is 3.54. The molecule has 0 saturated heterocycles. The average Bonchev–Trinajstić information content (AvgIpc) is 3.39. The molecule has 10 heteroatoms. The molecule has 1 amide bonds. The fraction of sp³-hybridized carbons (Fsp3) is 0.294. The Morgan fingerprint density at radius 1 is 1.22 bits per heavy atom. The lowest BCUT2D eigenvalue weighted by Crippen LogP contribution is -2.41. The van der Waals surface area contributed by atoms with E-state index < -0.39 is 0 Å². The van der Waals surface area contributed by atoms with Crippen molar-refractivity contribution in [2.24, 2.45) is 0 Å². The van der Waals surface area contributed by atoms with Gasteiger partial charge in [-0.15, -0.1) is 10.2 Å². The van der Waals surface area contributed by atoms with Gasteiger partial charge in [-0.1, -0.05) is 0 Å². The second kappa shape index (κ2) is 5.95. The van der Waals surface area contributed by atoms with Crippen molar-refractivity contribution in [2.75, 3.05) is 6.54 Å². The number of rotatable bonds is 2. The lowest BCUT2D eigenvalue weighted by atomic mass is 10.1. The zero-order valence-corrected chi connectivity index (χ0v) is 15.6. The fourth-order valence-electron chi connectivity index (χ4n) is 3.41. The number of pyridine rings is 1. The number of H-pyrrole nitrogens is 1. The van der Waals surface area contributed by atoms with Crippen molar-refractivity contribution in [1.82, 2.24) is 39.0 Å². The van der Waals surface area contributed by atoms with Crippen LogP contribution < -0.4 is 0 Å². The molecule has 27 heavy (non-hydrogen) atoms. The van der Waals surface area contributed by atoms with Crippen molar-refractivity contribution < 1.29 is 4.79 Å². The lowest BCUT2D eigenvalue weighted by molar-refractivity contribution is 0.0632. The van der Waals surface area contributed by atoms with Crippen LogP contribution in [0.1, 0.15) is 35.1 Å². The minimum atomic E-state index is -0.206. The predicted octanol–water partition coefficient (Wildman–Crippen LogP) is 2.20. The van der Waals surface area contributed by atoms with Gasteiger partial charge in [0, 0.05) is 24.7 Å². The first-order valence-electron chi connectivity index (χ1n) is 8.60. The number of carbonyl (C=O) groups excluding carboxylic acids is 1. The van der Waals surface area contributed by atoms with Gasteiger partial charge in [-0.25, -0.2) is 9.97 Å². The Morgan fingerprint density at radius 2 is 2.11 bits per heavy atom. The molecule has 4 aromatic heterocycles. The van der Waals surface area contributed by atoms with Gasteiger partial charge in [0.15, 0.2) is 16.7 Å². The van der Waals surface area contributed by atoms with Crippen molar-refractivity contribution >= 4 is 28.5 Å². The van der Waals surface area contributed by atoms with Crippen LogP contribution in [0.15, 0.2) is 24.4 Å². The highest BCUT2D eigenvalue weighted by molar-refractivity contribution is 7.09. The summed E-state index contributed by atoms with van der Waals surface area (Å²) >= 11 is 1.31. The van der Waals surface area contributed by atoms with Gasteiger partial charge < -0.3 is 14.5 Å². The summed E-state index contributed by atoms with van der Waals surface area (Å²) in [5, 5.41) is 10.3. The molecular formula is C17H16N8OS. The number of amides is 1. The number of hydrogen-bond donors (Lipinski definition) is 1. The highest BCUT2D eigenvalue weighted by Gasteiger charge is 2.33. The summed E-state index contributed by atoms with van der Waals surface area (Å²) in [7, 11) is 0. The van der Waals surface area contributed by atoms with Gasteiger partial charge in [0.1, 0.15) is 17.2 Å². The van der Waals surface area contributed by atoms with Crippen LogP contribution in [0.25, 0.3) is 21.9 Å². The lowest BCUT2D eigenvalue weighted by Gasteiger charge is -2.33. The van der Waals surface area contributed by atoms with Crippen LogP contribution in [0, 0.1) is 6.92 Å². The molecule has 5 rings (SSSR count). The minimum Gasteiger partial charge on any atom is -0.346 e. The molecule has 9 nitrogen and oxygen atoms in total. The van der Waals surface area contributed by atoms with Crippen LogP contribution in [0.2, 0.25) is 0 Å². The third-order valence-corrected chi connectivity index (χ3v) is 5.60. The van der Waals surface area contributed by atoms with Gasteiger partial charge in [0.25, 0.3) is 5.91 Å². The van der Waals surface area contributed by atoms with Gasteiger partial charge in [0.05, 0.1) is 6.04 Å². The number of aromatic amines is 1. The van der Waals surface area contributed by atoms with Crippen molar-refractivity contribution in [3.8, 4) is 10.8 Å². The number of hydrogen-bond acceptors (Lipinski definition) is 7. The second-order valence-corrected chi connectivity index (χ2v) is 7.22. The molecule has 1 N–H and O–H groups in total. The Balaban J connectivity index is 1.46. The van der Waals surface area contributed by atoms with Crippen molar-refractivity contribution in [3.05, 3.63) is 41.7 Å². The fourth-order valence-corrected chi connectivity index (χ4v) is 4.07. The van der Waals surface area contributed by atoms with Crippen LogP contribution >= 0.6 is 11.5 Å². The molecule has 0 bridgehead atoms. The molecule has 136 valence electrons. The number of carbonyl (C=O) groups is 1. The first kappa shape index (κ1) is 16.1. The SMILES string of the molecule is Cc1nsc(-c2nnc3n2CCN(C(=O)c2ccc4cc[nH]c4n2)[C@@H]3C)n1. The summed E-state index contributed by atoms with van der Waals surface area (Å²) in [6, 6.07) is 5.39. The molecule has 4 aromatic rings. The number of aryl methyl sites for hydroxylation is 1. The van der Waals surface area contributed by atoms with Crippen LogP contribution in [-0.2, 0) is 6.54 Å². The Bertz CT molecular complexity index is 1160. The van der Waals surface area contributed by atoms with Crippen molar-refractivity contribution in [2.45, 2.75) is 26.4 Å². The van der Waals surface area contributed by atoms with Gasteiger partial charge in [0.2, 0.25) is 0 Å². The number of fused-ring (bicyclic) bond motifs is 2. The van der Waals surface area contributed by atoms with Gasteiger partial charge in [-0.2, -0.15) is 4.37 Å². The van der Waals surface area contributed by atoms with E-state index in [0.717, 1.165) is 22.0 Å². The maximum atomic E-state index is 13.0. The summed E-state index contributed by atoms with van der Waals surface area (Å²) in [5.74, 6) is 2.07. The van der Waals surface area contributed by atoms with E-state index in [-0.39, 0.29) is 11.9 Å². The molecule has 1 aliphatic rings. The molecule has 0 saturated carbocycles. The van der Waals surface area contributed by atoms with E-state index in [1.54, 1.807) is 11.0 Å². The zero-order valence-electron chi connectivity index (χ0n) is 14.7. The first-order valence-corrected chi connectivity index (χ1v) is 9.38. The molecule has 0 aromatic carbocycles. The van der Waals surface area contributed by atoms with Crippen LogP contribution in [0.4, 0.5) is 0 Å². The Morgan fingerprint density at radius 3 is 2.93 bits per heavy atom. The molecular weight excluding hydrogens is 364 g/mol. The van der Waals surface area contributed by atoms with E-state index in [4.69, 9.17) is 0 Å². The molecule has 0 fully saturated rings. The number of nitrogens with one attached hydrogen (secondary N) is 1. The van der Waals surface area contributed by atoms with Crippen molar-refractivity contribution in [3.63, 3.8) is 0 Å². The average molecular weight is 380 g/mol. The molecule has 0 spiro atoms. The smallest absolute Gasteiger partial charge is 0.273 e. The summed E-state index contributed by atoms with van der Waals surface area (Å²) in [5.41, 5.74) is 1.13. The van der Waals surface area contributed by atoms with E-state index in [1.807, 2.05) is 36.7 Å². The van der Waals surface area contributed by atoms with Crippen LogP contribution in [0.3, 0.4) is 0 Å². The third kappa shape index (κ3) is 2.52. The minimum absolute atomic E-state index is 0.110. The maximum Gasteiger partial charge on any atom is 0.273 e. The molecule has 1 atom stereocenters. The number of aromatic nitrogens is 7. The van der Waals surface area contributed by atoms with E-state index in [1.165, 1.54) is 11.5 Å². The monoisotopic (exact) mass is 380 g/mol. The maximum absolute atomic E-state index is 13.0. The Hall–Kier alpha value is -3.14. The molecule has 0 unspecified atom stereocenters. The Labute approximate surface area is 158 Å². The van der Waals surface area contributed by atoms with Crippen LogP contribution in [-0.4, -0.2) is 51.4 Å². The van der Waals surface area contributed by atoms with E-state index >= 15 is 0 Å². The summed E-state index contributed by atoms with van der Waals surface area (Å²) in [6.45, 7) is 4.97. The van der Waals surface area contributed by atoms with Crippen LogP contribution in [0.5, 0.6) is 0 Å². The summed E-state index contributed by atoms with van der Waals surface area (Å²) in [4.78, 5) is 26.7. The van der Waals surface area contributed by atoms with E-state index in [9.17, 15) is 4.79 Å². The molecule has 1 aliphatic heterocycles. The molecule has 0 aliphatic carbocycles. The predicted molar refractivity (Wildman–Crippen MR) is 99.2 cm³/mol. The largest absolute Gasteiger partial charge is 0.346 e. The highest BCUT2D eigenvalue weighted by Crippen LogP contribution is 2.30. The van der Waals surface area contributed by atoms with Crippen molar-refractivity contribution in [1.29, 1.82) is 0 Å². The first-order chi connectivity index (χ1) is 13.1. The summed E-state index contributed by atoms with van der Waals surface area (Å²) < 4.78 is 6.24. The van der Waals surface area contributed by atoms with Gasteiger partial charge in [-0.05, 0) is 43.6 Å². The quantitative estimate of drug-likeness (QED) is 0.571. The van der Waals surface area contributed by atoms with Gasteiger partial charge >= 0.3 is 0 Å². The van der Waals surface area contributed by atoms with E-state index in [2.05, 4.69) is 29.5 Å². The standard InChI is InChI=1S/C17H16N8OS/c1-9-14-21-22-15(16-19-10(2)23-27-16)25(14)8-7-24(9)17(26)12-4-3-11-5-6-18-13(11)20-12/h3-6,9H,7-8H2,1-2H3,(H,18,20)/t9-/m1/s1. The highest BCUT2D eigenvalue weighted by atomic mass is 32.1. The summed E-state index contributed by atoms with van der Waals surface area (Å²) in [6.07, 6.45) is 1.81. The van der Waals surface area contributed by atoms with E-state index in [0.29, 0.717) is 30.3 Å². The van der Waals surface area contributed by atoms with Gasteiger partial charge in [-0.3, -0.25) is 4.79 Å². The topological polar surface area (TPSA) is 105 Å².